The van der Waals surface area contributed by atoms with Gasteiger partial charge in [0.15, 0.2) is 0 Å². The van der Waals surface area contributed by atoms with Crippen LogP contribution >= 0.6 is 0 Å². The number of alkyl halides is 3. The largest absolute Gasteiger partial charge is 0.496 e. The Morgan fingerprint density at radius 3 is 2.55 bits per heavy atom. The number of hydrogen-bond acceptors (Lipinski definition) is 2. The highest BCUT2D eigenvalue weighted by Gasteiger charge is 2.43. The van der Waals surface area contributed by atoms with E-state index in [1.165, 1.54) is 0 Å². The van der Waals surface area contributed by atoms with Gasteiger partial charge in [-0.05, 0) is 50.4 Å². The monoisotopic (exact) mass is 287 g/mol. The summed E-state index contributed by atoms with van der Waals surface area (Å²) in [6, 6.07) is 3.56. The number of piperidine rings is 1. The third-order valence-corrected chi connectivity index (χ3v) is 3.93. The van der Waals surface area contributed by atoms with Gasteiger partial charge in [-0.25, -0.2) is 0 Å². The SMILES string of the molecule is COc1cc(C)cc(C)c1C1CC(C(F)(F)F)CCN1. The van der Waals surface area contributed by atoms with E-state index in [0.29, 0.717) is 12.3 Å². The summed E-state index contributed by atoms with van der Waals surface area (Å²) >= 11 is 0. The Hall–Kier alpha value is -1.23. The number of methoxy groups -OCH3 is 1. The molecule has 2 nitrogen and oxygen atoms in total. The van der Waals surface area contributed by atoms with Crippen molar-refractivity contribution in [3.8, 4) is 5.75 Å². The van der Waals surface area contributed by atoms with Crippen LogP contribution in [0.4, 0.5) is 13.2 Å². The average Bonchev–Trinajstić information content (AvgIpc) is 2.36. The highest BCUT2D eigenvalue weighted by Crippen LogP contribution is 2.41. The molecule has 0 saturated carbocycles. The van der Waals surface area contributed by atoms with Gasteiger partial charge in [-0.1, -0.05) is 6.07 Å². The van der Waals surface area contributed by atoms with Gasteiger partial charge >= 0.3 is 6.18 Å². The fraction of sp³-hybridized carbons (Fsp3) is 0.600. The van der Waals surface area contributed by atoms with Crippen LogP contribution in [-0.2, 0) is 0 Å². The van der Waals surface area contributed by atoms with E-state index in [4.69, 9.17) is 4.74 Å². The topological polar surface area (TPSA) is 21.3 Å². The van der Waals surface area contributed by atoms with Crippen molar-refractivity contribution in [3.05, 3.63) is 28.8 Å². The minimum atomic E-state index is -4.12. The van der Waals surface area contributed by atoms with E-state index in [2.05, 4.69) is 5.32 Å². The highest BCUT2D eigenvalue weighted by molar-refractivity contribution is 5.45. The number of nitrogens with one attached hydrogen (secondary N) is 1. The van der Waals surface area contributed by atoms with Gasteiger partial charge in [-0.2, -0.15) is 13.2 Å². The van der Waals surface area contributed by atoms with Crippen molar-refractivity contribution in [2.24, 2.45) is 5.92 Å². The summed E-state index contributed by atoms with van der Waals surface area (Å²) in [6.07, 6.45) is -3.90. The standard InChI is InChI=1S/C15H20F3NO/c1-9-6-10(2)14(13(7-9)20-3)12-8-11(4-5-19-12)15(16,17)18/h6-7,11-12,19H,4-5,8H2,1-3H3. The average molecular weight is 287 g/mol. The predicted octanol–water partition coefficient (Wildman–Crippen LogP) is 3.92. The summed E-state index contributed by atoms with van der Waals surface area (Å²) < 4.78 is 44.1. The Labute approximate surface area is 117 Å². The zero-order chi connectivity index (χ0) is 14.9. The molecule has 0 amide bonds. The number of benzene rings is 1. The molecule has 1 aliphatic heterocycles. The first kappa shape index (κ1) is 15.2. The zero-order valence-corrected chi connectivity index (χ0v) is 12.0. The molecule has 0 radical (unpaired) electrons. The lowest BCUT2D eigenvalue weighted by Crippen LogP contribution is -2.38. The minimum absolute atomic E-state index is 0.0732. The Kier molecular flexibility index (Phi) is 4.28. The molecular formula is C15H20F3NO. The molecule has 1 heterocycles. The second kappa shape index (κ2) is 5.64. The van der Waals surface area contributed by atoms with Crippen LogP contribution in [0.15, 0.2) is 12.1 Å². The molecule has 1 saturated heterocycles. The maximum absolute atomic E-state index is 12.9. The molecule has 1 aromatic carbocycles. The van der Waals surface area contributed by atoms with Crippen molar-refractivity contribution in [1.29, 1.82) is 0 Å². The van der Waals surface area contributed by atoms with Gasteiger partial charge in [0, 0.05) is 11.6 Å². The van der Waals surface area contributed by atoms with Crippen molar-refractivity contribution >= 4 is 0 Å². The Balaban J connectivity index is 2.32. The van der Waals surface area contributed by atoms with Gasteiger partial charge in [0.05, 0.1) is 13.0 Å². The summed E-state index contributed by atoms with van der Waals surface area (Å²) in [7, 11) is 1.56. The first-order valence-electron chi connectivity index (χ1n) is 6.78. The summed E-state index contributed by atoms with van der Waals surface area (Å²) in [5, 5.41) is 3.19. The van der Waals surface area contributed by atoms with Crippen molar-refractivity contribution in [2.45, 2.75) is 38.9 Å². The van der Waals surface area contributed by atoms with E-state index < -0.39 is 12.1 Å². The van der Waals surface area contributed by atoms with E-state index in [-0.39, 0.29) is 18.9 Å². The molecule has 0 bridgehead atoms. The molecule has 2 rings (SSSR count). The molecule has 2 unspecified atom stereocenters. The van der Waals surface area contributed by atoms with E-state index in [9.17, 15) is 13.2 Å². The van der Waals surface area contributed by atoms with Crippen molar-refractivity contribution < 1.29 is 17.9 Å². The number of hydrogen-bond donors (Lipinski definition) is 1. The summed E-state index contributed by atoms with van der Waals surface area (Å²) in [5.41, 5.74) is 2.88. The summed E-state index contributed by atoms with van der Waals surface area (Å²) in [5.74, 6) is -0.568. The molecule has 1 aromatic rings. The van der Waals surface area contributed by atoms with Gasteiger partial charge < -0.3 is 10.1 Å². The molecule has 1 N–H and O–H groups in total. The third kappa shape index (κ3) is 3.08. The summed E-state index contributed by atoms with van der Waals surface area (Å²) in [4.78, 5) is 0. The van der Waals surface area contributed by atoms with E-state index in [1.807, 2.05) is 26.0 Å². The third-order valence-electron chi connectivity index (χ3n) is 3.93. The van der Waals surface area contributed by atoms with Crippen LogP contribution in [0, 0.1) is 19.8 Å². The molecule has 1 fully saturated rings. The second-order valence-corrected chi connectivity index (χ2v) is 5.47. The van der Waals surface area contributed by atoms with Crippen LogP contribution in [0.25, 0.3) is 0 Å². The maximum atomic E-state index is 12.9. The fourth-order valence-corrected chi connectivity index (χ4v) is 2.99. The van der Waals surface area contributed by atoms with Gasteiger partial charge in [0.1, 0.15) is 5.75 Å². The zero-order valence-electron chi connectivity index (χ0n) is 12.0. The lowest BCUT2D eigenvalue weighted by atomic mass is 9.86. The number of ether oxygens (including phenoxy) is 1. The minimum Gasteiger partial charge on any atom is -0.496 e. The van der Waals surface area contributed by atoms with E-state index in [1.54, 1.807) is 7.11 Å². The van der Waals surface area contributed by atoms with Gasteiger partial charge in [0.2, 0.25) is 0 Å². The predicted molar refractivity (Wildman–Crippen MR) is 72.0 cm³/mol. The smallest absolute Gasteiger partial charge is 0.391 e. The molecular weight excluding hydrogens is 267 g/mol. The van der Waals surface area contributed by atoms with Crippen LogP contribution in [0.3, 0.4) is 0 Å². The molecule has 1 aliphatic rings. The van der Waals surface area contributed by atoms with Crippen LogP contribution in [0.1, 0.15) is 35.6 Å². The van der Waals surface area contributed by atoms with Crippen molar-refractivity contribution in [2.75, 3.05) is 13.7 Å². The number of rotatable bonds is 2. The van der Waals surface area contributed by atoms with Crippen LogP contribution in [0.2, 0.25) is 0 Å². The Morgan fingerprint density at radius 2 is 1.95 bits per heavy atom. The summed E-state index contributed by atoms with van der Waals surface area (Å²) in [6.45, 7) is 4.25. The van der Waals surface area contributed by atoms with Gasteiger partial charge in [-0.3, -0.25) is 0 Å². The molecule has 0 aromatic heterocycles. The van der Waals surface area contributed by atoms with Crippen LogP contribution < -0.4 is 10.1 Å². The quantitative estimate of drug-likeness (QED) is 0.890. The maximum Gasteiger partial charge on any atom is 0.391 e. The van der Waals surface area contributed by atoms with Crippen molar-refractivity contribution in [3.63, 3.8) is 0 Å². The van der Waals surface area contributed by atoms with Crippen LogP contribution in [-0.4, -0.2) is 19.8 Å². The Bertz CT molecular complexity index is 485. The number of aryl methyl sites for hydroxylation is 2. The first-order chi connectivity index (χ1) is 9.32. The van der Waals surface area contributed by atoms with E-state index in [0.717, 1.165) is 16.7 Å². The van der Waals surface area contributed by atoms with Gasteiger partial charge in [0.25, 0.3) is 0 Å². The molecule has 2 atom stereocenters. The molecule has 112 valence electrons. The fourth-order valence-electron chi connectivity index (χ4n) is 2.99. The van der Waals surface area contributed by atoms with Crippen LogP contribution in [0.5, 0.6) is 5.75 Å². The second-order valence-electron chi connectivity index (χ2n) is 5.47. The normalized spacial score (nSPS) is 23.7. The first-order valence-corrected chi connectivity index (χ1v) is 6.78. The lowest BCUT2D eigenvalue weighted by molar-refractivity contribution is -0.183. The molecule has 5 heteroatoms. The Morgan fingerprint density at radius 1 is 1.25 bits per heavy atom. The lowest BCUT2D eigenvalue weighted by Gasteiger charge is -2.33. The molecule has 0 spiro atoms. The molecule has 20 heavy (non-hydrogen) atoms. The highest BCUT2D eigenvalue weighted by atomic mass is 19.4. The number of halogens is 3. The van der Waals surface area contributed by atoms with E-state index >= 15 is 0 Å². The van der Waals surface area contributed by atoms with Crippen molar-refractivity contribution in [1.82, 2.24) is 5.32 Å². The molecule has 0 aliphatic carbocycles. The van der Waals surface area contributed by atoms with Gasteiger partial charge in [-0.15, -0.1) is 0 Å².